The molecule has 15 heavy (non-hydrogen) atoms. The molecule has 2 aromatic rings. The van der Waals surface area contributed by atoms with Gasteiger partial charge in [0.2, 0.25) is 0 Å². The molecule has 0 atom stereocenters. The standard InChI is InChI=1S/C10H6BrF2NS/c11-7-3-1-6(2-4-7)8-5-9(10(12)13)15-14-8/h1-5,10H. The van der Waals surface area contributed by atoms with E-state index < -0.39 is 6.43 Å². The molecule has 1 heterocycles. The van der Waals surface area contributed by atoms with Crippen LogP contribution in [0.25, 0.3) is 11.3 Å². The lowest BCUT2D eigenvalue weighted by molar-refractivity contribution is 0.155. The van der Waals surface area contributed by atoms with Gasteiger partial charge in [-0.05, 0) is 29.7 Å². The first-order valence-electron chi connectivity index (χ1n) is 4.17. The molecule has 0 bridgehead atoms. The molecule has 0 aliphatic heterocycles. The summed E-state index contributed by atoms with van der Waals surface area (Å²) in [4.78, 5) is 0.00733. The Hall–Kier alpha value is -0.810. The second-order valence-electron chi connectivity index (χ2n) is 2.92. The summed E-state index contributed by atoms with van der Waals surface area (Å²) in [7, 11) is 0. The zero-order chi connectivity index (χ0) is 10.8. The molecular weight excluding hydrogens is 284 g/mol. The fourth-order valence-electron chi connectivity index (χ4n) is 1.15. The lowest BCUT2D eigenvalue weighted by Crippen LogP contribution is -1.76. The van der Waals surface area contributed by atoms with Crippen molar-refractivity contribution in [3.05, 3.63) is 39.7 Å². The Morgan fingerprint density at radius 3 is 2.40 bits per heavy atom. The third-order valence-electron chi connectivity index (χ3n) is 1.88. The van der Waals surface area contributed by atoms with E-state index in [4.69, 9.17) is 0 Å². The second kappa shape index (κ2) is 4.37. The Morgan fingerprint density at radius 2 is 1.87 bits per heavy atom. The van der Waals surface area contributed by atoms with Crippen molar-refractivity contribution in [2.75, 3.05) is 0 Å². The summed E-state index contributed by atoms with van der Waals surface area (Å²) in [6.07, 6.45) is -2.44. The van der Waals surface area contributed by atoms with Crippen LogP contribution in [0.2, 0.25) is 0 Å². The number of hydrogen-bond acceptors (Lipinski definition) is 2. The number of nitrogens with zero attached hydrogens (tertiary/aromatic N) is 1. The van der Waals surface area contributed by atoms with Crippen LogP contribution in [-0.2, 0) is 0 Å². The maximum absolute atomic E-state index is 12.3. The van der Waals surface area contributed by atoms with Gasteiger partial charge in [-0.15, -0.1) is 0 Å². The van der Waals surface area contributed by atoms with Gasteiger partial charge < -0.3 is 0 Å². The van der Waals surface area contributed by atoms with E-state index in [-0.39, 0.29) is 4.88 Å². The maximum atomic E-state index is 12.3. The maximum Gasteiger partial charge on any atom is 0.274 e. The highest BCUT2D eigenvalue weighted by molar-refractivity contribution is 9.10. The summed E-state index contributed by atoms with van der Waals surface area (Å²) < 4.78 is 29.6. The van der Waals surface area contributed by atoms with Crippen molar-refractivity contribution in [3.63, 3.8) is 0 Å². The lowest BCUT2D eigenvalue weighted by Gasteiger charge is -1.95. The third kappa shape index (κ3) is 2.41. The van der Waals surface area contributed by atoms with Gasteiger partial charge in [0, 0.05) is 10.0 Å². The van der Waals surface area contributed by atoms with Gasteiger partial charge in [0.25, 0.3) is 6.43 Å². The molecule has 0 radical (unpaired) electrons. The molecule has 0 N–H and O–H groups in total. The highest BCUT2D eigenvalue weighted by Gasteiger charge is 2.12. The zero-order valence-corrected chi connectivity index (χ0v) is 9.86. The monoisotopic (exact) mass is 289 g/mol. The molecule has 0 amide bonds. The Morgan fingerprint density at radius 1 is 1.20 bits per heavy atom. The van der Waals surface area contributed by atoms with Crippen LogP contribution in [0.5, 0.6) is 0 Å². The minimum Gasteiger partial charge on any atom is -0.204 e. The SMILES string of the molecule is FC(F)c1cc(-c2ccc(Br)cc2)ns1. The Kier molecular flexibility index (Phi) is 3.11. The van der Waals surface area contributed by atoms with E-state index in [1.54, 1.807) is 0 Å². The highest BCUT2D eigenvalue weighted by atomic mass is 79.9. The van der Waals surface area contributed by atoms with Gasteiger partial charge in [-0.1, -0.05) is 28.1 Å². The van der Waals surface area contributed by atoms with Crippen LogP contribution in [0.1, 0.15) is 11.3 Å². The minimum atomic E-state index is -2.44. The van der Waals surface area contributed by atoms with Gasteiger partial charge in [0.15, 0.2) is 0 Å². The summed E-state index contributed by atoms with van der Waals surface area (Å²) in [5.74, 6) is 0. The molecule has 1 aromatic heterocycles. The number of aromatic nitrogens is 1. The molecule has 0 fully saturated rings. The first-order valence-corrected chi connectivity index (χ1v) is 5.74. The topological polar surface area (TPSA) is 12.9 Å². The van der Waals surface area contributed by atoms with Gasteiger partial charge in [-0.25, -0.2) is 8.78 Å². The number of alkyl halides is 2. The molecule has 0 saturated carbocycles. The van der Waals surface area contributed by atoms with E-state index in [2.05, 4.69) is 20.3 Å². The lowest BCUT2D eigenvalue weighted by atomic mass is 10.1. The summed E-state index contributed by atoms with van der Waals surface area (Å²) in [6, 6.07) is 8.83. The Labute approximate surface area is 98.1 Å². The van der Waals surface area contributed by atoms with Crippen molar-refractivity contribution in [1.82, 2.24) is 4.37 Å². The summed E-state index contributed by atoms with van der Waals surface area (Å²) in [6.45, 7) is 0. The van der Waals surface area contributed by atoms with Crippen LogP contribution < -0.4 is 0 Å². The van der Waals surface area contributed by atoms with E-state index >= 15 is 0 Å². The first kappa shape index (κ1) is 10.7. The Bertz CT molecular complexity index is 453. The van der Waals surface area contributed by atoms with Crippen molar-refractivity contribution in [1.29, 1.82) is 0 Å². The third-order valence-corrected chi connectivity index (χ3v) is 3.21. The van der Waals surface area contributed by atoms with E-state index in [0.717, 1.165) is 21.6 Å². The molecule has 0 aliphatic rings. The molecule has 0 spiro atoms. The molecule has 78 valence electrons. The van der Waals surface area contributed by atoms with Crippen molar-refractivity contribution < 1.29 is 8.78 Å². The molecule has 1 aromatic carbocycles. The summed E-state index contributed by atoms with van der Waals surface area (Å²) in [5.41, 5.74) is 1.45. The quantitative estimate of drug-likeness (QED) is 0.793. The van der Waals surface area contributed by atoms with Crippen LogP contribution in [0.15, 0.2) is 34.8 Å². The van der Waals surface area contributed by atoms with E-state index in [1.807, 2.05) is 24.3 Å². The van der Waals surface area contributed by atoms with Crippen molar-refractivity contribution in [2.45, 2.75) is 6.43 Å². The molecule has 0 unspecified atom stereocenters. The average Bonchev–Trinajstić information content (AvgIpc) is 2.68. The van der Waals surface area contributed by atoms with Crippen molar-refractivity contribution >= 4 is 27.5 Å². The van der Waals surface area contributed by atoms with Crippen LogP contribution in [-0.4, -0.2) is 4.37 Å². The first-order chi connectivity index (χ1) is 7.16. The van der Waals surface area contributed by atoms with Gasteiger partial charge >= 0.3 is 0 Å². The number of hydrogen-bond donors (Lipinski definition) is 0. The van der Waals surface area contributed by atoms with Crippen LogP contribution >= 0.6 is 27.5 Å². The van der Waals surface area contributed by atoms with Crippen LogP contribution in [0.4, 0.5) is 8.78 Å². The largest absolute Gasteiger partial charge is 0.274 e. The number of rotatable bonds is 2. The van der Waals surface area contributed by atoms with Gasteiger partial charge in [-0.2, -0.15) is 4.37 Å². The second-order valence-corrected chi connectivity index (χ2v) is 4.67. The fraction of sp³-hybridized carbons (Fsp3) is 0.100. The van der Waals surface area contributed by atoms with E-state index in [1.165, 1.54) is 6.07 Å². The van der Waals surface area contributed by atoms with Gasteiger partial charge in [-0.3, -0.25) is 0 Å². The number of halogens is 3. The zero-order valence-electron chi connectivity index (χ0n) is 7.45. The van der Waals surface area contributed by atoms with Gasteiger partial charge in [0.1, 0.15) is 0 Å². The van der Waals surface area contributed by atoms with Crippen LogP contribution in [0.3, 0.4) is 0 Å². The molecule has 0 saturated heterocycles. The smallest absolute Gasteiger partial charge is 0.204 e. The van der Waals surface area contributed by atoms with Crippen molar-refractivity contribution in [3.8, 4) is 11.3 Å². The molecule has 2 rings (SSSR count). The molecular formula is C10H6BrF2NS. The van der Waals surface area contributed by atoms with Crippen molar-refractivity contribution in [2.24, 2.45) is 0 Å². The molecule has 1 nitrogen and oxygen atoms in total. The molecule has 5 heteroatoms. The normalized spacial score (nSPS) is 10.9. The summed E-state index contributed by atoms with van der Waals surface area (Å²) in [5, 5.41) is 0. The predicted molar refractivity (Wildman–Crippen MR) is 60.2 cm³/mol. The number of benzene rings is 1. The summed E-state index contributed by atoms with van der Waals surface area (Å²) >= 11 is 4.15. The minimum absolute atomic E-state index is 0.00733. The van der Waals surface area contributed by atoms with Gasteiger partial charge in [0.05, 0.1) is 10.6 Å². The highest BCUT2D eigenvalue weighted by Crippen LogP contribution is 2.29. The fourth-order valence-corrected chi connectivity index (χ4v) is 2.02. The van der Waals surface area contributed by atoms with E-state index in [0.29, 0.717) is 5.69 Å². The molecule has 0 aliphatic carbocycles. The van der Waals surface area contributed by atoms with Crippen LogP contribution in [0, 0.1) is 0 Å². The Balaban J connectivity index is 2.33. The predicted octanol–water partition coefficient (Wildman–Crippen LogP) is 4.51. The van der Waals surface area contributed by atoms with E-state index in [9.17, 15) is 8.78 Å². The average molecular weight is 290 g/mol.